The Kier molecular flexibility index (Phi) is 4.95. The minimum atomic E-state index is -0.926. The first kappa shape index (κ1) is 15.5. The maximum atomic E-state index is 12.1. The van der Waals surface area contributed by atoms with E-state index in [4.69, 9.17) is 16.7 Å². The van der Waals surface area contributed by atoms with E-state index in [1.54, 1.807) is 45.0 Å². The van der Waals surface area contributed by atoms with E-state index in [0.29, 0.717) is 5.02 Å². The van der Waals surface area contributed by atoms with E-state index in [1.165, 1.54) is 0 Å². The van der Waals surface area contributed by atoms with Gasteiger partial charge in [0, 0.05) is 11.6 Å². The molecular weight excluding hydrogens is 266 g/mol. The Labute approximate surface area is 117 Å². The molecule has 1 aromatic rings. The van der Waals surface area contributed by atoms with Crippen molar-refractivity contribution in [2.24, 2.45) is 5.92 Å². The van der Waals surface area contributed by atoms with E-state index in [-0.39, 0.29) is 12.5 Å². The summed E-state index contributed by atoms with van der Waals surface area (Å²) >= 11 is 5.81. The van der Waals surface area contributed by atoms with Crippen molar-refractivity contribution in [3.05, 3.63) is 34.9 Å². The molecule has 1 unspecified atom stereocenters. The van der Waals surface area contributed by atoms with Crippen molar-refractivity contribution in [3.63, 3.8) is 0 Å². The number of aliphatic carboxylic acids is 1. The molecule has 1 aromatic carbocycles. The molecule has 0 saturated carbocycles. The summed E-state index contributed by atoms with van der Waals surface area (Å²) < 4.78 is 0. The summed E-state index contributed by atoms with van der Waals surface area (Å²) in [6, 6.07) is 7.04. The van der Waals surface area contributed by atoms with Crippen LogP contribution < -0.4 is 5.32 Å². The minimum Gasteiger partial charge on any atom is -0.481 e. The number of nitrogens with one attached hydrogen (secondary N) is 1. The molecular formula is C14H18ClNO3. The molecule has 19 heavy (non-hydrogen) atoms. The predicted octanol–water partition coefficient (Wildman–Crippen LogP) is 2.45. The second kappa shape index (κ2) is 6.06. The molecule has 0 bridgehead atoms. The van der Waals surface area contributed by atoms with Crippen LogP contribution >= 0.6 is 11.6 Å². The van der Waals surface area contributed by atoms with Crippen molar-refractivity contribution in [1.82, 2.24) is 5.32 Å². The smallest absolute Gasteiger partial charge is 0.308 e. The zero-order chi connectivity index (χ0) is 14.6. The van der Waals surface area contributed by atoms with Crippen LogP contribution in [-0.4, -0.2) is 23.5 Å². The zero-order valence-electron chi connectivity index (χ0n) is 11.2. The Bertz CT molecular complexity index is 468. The molecule has 0 aromatic heterocycles. The first-order valence-electron chi connectivity index (χ1n) is 6.02. The van der Waals surface area contributed by atoms with Crippen LogP contribution in [0.15, 0.2) is 24.3 Å². The molecule has 0 radical (unpaired) electrons. The molecule has 0 heterocycles. The Morgan fingerprint density at radius 3 is 2.32 bits per heavy atom. The van der Waals surface area contributed by atoms with Crippen LogP contribution in [0, 0.1) is 5.92 Å². The van der Waals surface area contributed by atoms with Gasteiger partial charge in [0.15, 0.2) is 0 Å². The molecule has 2 N–H and O–H groups in total. The van der Waals surface area contributed by atoms with Crippen LogP contribution in [0.4, 0.5) is 0 Å². The number of carboxylic acids is 1. The fraction of sp³-hybridized carbons (Fsp3) is 0.429. The van der Waals surface area contributed by atoms with Crippen LogP contribution in [0.2, 0.25) is 5.02 Å². The summed E-state index contributed by atoms with van der Waals surface area (Å²) in [5.74, 6) is -1.74. The monoisotopic (exact) mass is 283 g/mol. The number of carbonyl (C=O) groups is 2. The van der Waals surface area contributed by atoms with Gasteiger partial charge in [0.05, 0.1) is 11.3 Å². The third-order valence-corrected chi connectivity index (χ3v) is 3.38. The maximum Gasteiger partial charge on any atom is 0.308 e. The third-order valence-electron chi connectivity index (χ3n) is 3.12. The Morgan fingerprint density at radius 1 is 1.32 bits per heavy atom. The Morgan fingerprint density at radius 2 is 1.84 bits per heavy atom. The highest BCUT2D eigenvalue weighted by atomic mass is 35.5. The summed E-state index contributed by atoms with van der Waals surface area (Å²) in [5, 5.41) is 12.1. The number of amides is 1. The fourth-order valence-electron chi connectivity index (χ4n) is 1.55. The molecule has 1 rings (SSSR count). The number of hydrogen-bond acceptors (Lipinski definition) is 2. The predicted molar refractivity (Wildman–Crippen MR) is 74.3 cm³/mol. The van der Waals surface area contributed by atoms with Gasteiger partial charge < -0.3 is 10.4 Å². The number of halogens is 1. The lowest BCUT2D eigenvalue weighted by atomic mass is 9.83. The van der Waals surface area contributed by atoms with Gasteiger partial charge in [0.1, 0.15) is 0 Å². The largest absolute Gasteiger partial charge is 0.481 e. The van der Waals surface area contributed by atoms with Gasteiger partial charge in [-0.05, 0) is 31.5 Å². The minimum absolute atomic E-state index is 0.116. The van der Waals surface area contributed by atoms with Gasteiger partial charge in [-0.25, -0.2) is 0 Å². The molecule has 0 fully saturated rings. The van der Waals surface area contributed by atoms with Crippen LogP contribution in [0.25, 0.3) is 0 Å². The molecule has 0 aliphatic carbocycles. The molecule has 1 amide bonds. The van der Waals surface area contributed by atoms with Crippen LogP contribution in [0.1, 0.15) is 26.3 Å². The maximum absolute atomic E-state index is 12.1. The lowest BCUT2D eigenvalue weighted by Gasteiger charge is -2.24. The highest BCUT2D eigenvalue weighted by molar-refractivity contribution is 6.30. The van der Waals surface area contributed by atoms with Crippen molar-refractivity contribution in [2.45, 2.75) is 26.2 Å². The van der Waals surface area contributed by atoms with E-state index in [9.17, 15) is 9.59 Å². The molecule has 1 atom stereocenters. The number of carbonyl (C=O) groups excluding carboxylic acids is 1. The lowest BCUT2D eigenvalue weighted by molar-refractivity contribution is -0.141. The molecule has 0 spiro atoms. The van der Waals surface area contributed by atoms with Crippen molar-refractivity contribution in [1.29, 1.82) is 0 Å². The average Bonchev–Trinajstić information content (AvgIpc) is 2.35. The van der Waals surface area contributed by atoms with Gasteiger partial charge in [-0.15, -0.1) is 0 Å². The van der Waals surface area contributed by atoms with Gasteiger partial charge >= 0.3 is 5.97 Å². The van der Waals surface area contributed by atoms with E-state index >= 15 is 0 Å². The molecule has 0 aliphatic heterocycles. The van der Waals surface area contributed by atoms with Crippen molar-refractivity contribution in [2.75, 3.05) is 6.54 Å². The summed E-state index contributed by atoms with van der Waals surface area (Å²) in [5.41, 5.74) is 0.0976. The van der Waals surface area contributed by atoms with Crippen LogP contribution in [0.3, 0.4) is 0 Å². The standard InChI is InChI=1S/C14H18ClNO3/c1-9(12(17)18)8-16-13(19)14(2,3)10-4-6-11(15)7-5-10/h4-7,9H,8H2,1-3H3,(H,16,19)(H,17,18). The van der Waals surface area contributed by atoms with E-state index in [1.807, 2.05) is 0 Å². The topological polar surface area (TPSA) is 66.4 Å². The van der Waals surface area contributed by atoms with Crippen molar-refractivity contribution >= 4 is 23.5 Å². The molecule has 4 nitrogen and oxygen atoms in total. The third kappa shape index (κ3) is 3.96. The van der Waals surface area contributed by atoms with Gasteiger partial charge in [-0.2, -0.15) is 0 Å². The van der Waals surface area contributed by atoms with Gasteiger partial charge in [-0.1, -0.05) is 30.7 Å². The number of benzene rings is 1. The lowest BCUT2D eigenvalue weighted by Crippen LogP contribution is -2.42. The zero-order valence-corrected chi connectivity index (χ0v) is 12.0. The normalized spacial score (nSPS) is 12.8. The van der Waals surface area contributed by atoms with Crippen LogP contribution in [-0.2, 0) is 15.0 Å². The number of hydrogen-bond donors (Lipinski definition) is 2. The van der Waals surface area contributed by atoms with Crippen molar-refractivity contribution < 1.29 is 14.7 Å². The SMILES string of the molecule is CC(CNC(=O)C(C)(C)c1ccc(Cl)cc1)C(=O)O. The summed E-state index contributed by atoms with van der Waals surface area (Å²) in [6.07, 6.45) is 0. The van der Waals surface area contributed by atoms with Gasteiger partial charge in [-0.3, -0.25) is 9.59 Å². The van der Waals surface area contributed by atoms with Crippen LogP contribution in [0.5, 0.6) is 0 Å². The van der Waals surface area contributed by atoms with E-state index < -0.39 is 17.3 Å². The average molecular weight is 284 g/mol. The van der Waals surface area contributed by atoms with Gasteiger partial charge in [0.25, 0.3) is 0 Å². The van der Waals surface area contributed by atoms with Gasteiger partial charge in [0.2, 0.25) is 5.91 Å². The highest BCUT2D eigenvalue weighted by Crippen LogP contribution is 2.24. The molecule has 5 heteroatoms. The van der Waals surface area contributed by atoms with E-state index in [2.05, 4.69) is 5.32 Å². The second-order valence-corrected chi connectivity index (χ2v) is 5.52. The highest BCUT2D eigenvalue weighted by Gasteiger charge is 2.30. The summed E-state index contributed by atoms with van der Waals surface area (Å²) in [4.78, 5) is 22.8. The van der Waals surface area contributed by atoms with Crippen molar-refractivity contribution in [3.8, 4) is 0 Å². The number of carboxylic acid groups (broad SMARTS) is 1. The Hall–Kier alpha value is -1.55. The summed E-state index contributed by atoms with van der Waals surface area (Å²) in [7, 11) is 0. The Balaban J connectivity index is 2.74. The first-order valence-corrected chi connectivity index (χ1v) is 6.40. The molecule has 0 saturated heterocycles. The second-order valence-electron chi connectivity index (χ2n) is 5.08. The molecule has 0 aliphatic rings. The number of rotatable bonds is 5. The molecule has 104 valence electrons. The van der Waals surface area contributed by atoms with E-state index in [0.717, 1.165) is 5.56 Å². The summed E-state index contributed by atoms with van der Waals surface area (Å²) in [6.45, 7) is 5.25. The fourth-order valence-corrected chi connectivity index (χ4v) is 1.68. The quantitative estimate of drug-likeness (QED) is 0.872. The first-order chi connectivity index (χ1) is 8.75.